The number of carbonyl (C=O) groups is 1. The van der Waals surface area contributed by atoms with Crippen LogP contribution in [0.2, 0.25) is 0 Å². The highest BCUT2D eigenvalue weighted by Gasteiger charge is 2.31. The maximum atomic E-state index is 12.8. The number of likely N-dealkylation sites (tertiary alicyclic amines) is 1. The van der Waals surface area contributed by atoms with E-state index in [0.717, 1.165) is 12.1 Å². The number of nitrogens with zero attached hydrogens (tertiary/aromatic N) is 5. The van der Waals surface area contributed by atoms with Crippen molar-refractivity contribution in [3.8, 4) is 11.7 Å². The number of ether oxygens (including phenoxy) is 1. The minimum absolute atomic E-state index is 0.103. The molecule has 31 heavy (non-hydrogen) atoms. The summed E-state index contributed by atoms with van der Waals surface area (Å²) in [7, 11) is 0. The van der Waals surface area contributed by atoms with Gasteiger partial charge in [-0.3, -0.25) is 0 Å². The van der Waals surface area contributed by atoms with Crippen molar-refractivity contribution in [2.45, 2.75) is 25.1 Å². The van der Waals surface area contributed by atoms with Crippen molar-refractivity contribution in [3.05, 3.63) is 60.4 Å². The number of anilines is 1. The van der Waals surface area contributed by atoms with E-state index in [1.165, 1.54) is 12.1 Å². The van der Waals surface area contributed by atoms with Crippen molar-refractivity contribution in [1.82, 2.24) is 24.9 Å². The van der Waals surface area contributed by atoms with Gasteiger partial charge in [0.1, 0.15) is 6.10 Å². The van der Waals surface area contributed by atoms with Gasteiger partial charge in [0.05, 0.1) is 5.56 Å². The van der Waals surface area contributed by atoms with E-state index in [9.17, 15) is 18.0 Å². The third kappa shape index (κ3) is 5.11. The van der Waals surface area contributed by atoms with Gasteiger partial charge in [-0.25, -0.2) is 9.48 Å². The second kappa shape index (κ2) is 8.62. The number of urea groups is 1. The average Bonchev–Trinajstić information content (AvgIpc) is 3.29. The number of hydrogen-bond acceptors (Lipinski definition) is 5. The molecule has 0 bridgehead atoms. The zero-order chi connectivity index (χ0) is 21.8. The van der Waals surface area contributed by atoms with Gasteiger partial charge in [-0.2, -0.15) is 18.3 Å². The fourth-order valence-corrected chi connectivity index (χ4v) is 3.23. The van der Waals surface area contributed by atoms with Crippen LogP contribution in [0.4, 0.5) is 23.7 Å². The van der Waals surface area contributed by atoms with E-state index in [4.69, 9.17) is 4.74 Å². The number of alkyl halides is 3. The molecule has 2 amide bonds. The lowest BCUT2D eigenvalue weighted by atomic mass is 10.1. The Morgan fingerprint density at radius 3 is 2.55 bits per heavy atom. The van der Waals surface area contributed by atoms with E-state index in [0.29, 0.717) is 37.6 Å². The Labute approximate surface area is 175 Å². The quantitative estimate of drug-likeness (QED) is 0.679. The topological polar surface area (TPSA) is 85.2 Å². The van der Waals surface area contributed by atoms with E-state index in [1.54, 1.807) is 40.2 Å². The number of rotatable bonds is 4. The molecule has 2 aromatic heterocycles. The molecule has 1 saturated heterocycles. The molecule has 0 atom stereocenters. The van der Waals surface area contributed by atoms with Crippen molar-refractivity contribution in [2.24, 2.45) is 0 Å². The van der Waals surface area contributed by atoms with Crippen molar-refractivity contribution < 1.29 is 22.7 Å². The molecule has 1 N–H and O–H groups in total. The molecule has 1 aliphatic rings. The van der Waals surface area contributed by atoms with Crippen LogP contribution in [-0.4, -0.2) is 50.1 Å². The van der Waals surface area contributed by atoms with E-state index in [2.05, 4.69) is 20.6 Å². The first-order chi connectivity index (χ1) is 14.9. The molecule has 0 radical (unpaired) electrons. The number of benzene rings is 1. The van der Waals surface area contributed by atoms with Crippen LogP contribution in [-0.2, 0) is 6.18 Å². The third-order valence-corrected chi connectivity index (χ3v) is 4.82. The molecule has 0 unspecified atom stereocenters. The van der Waals surface area contributed by atoms with Gasteiger partial charge < -0.3 is 15.0 Å². The molecular formula is C20H19F3N6O2. The first-order valence-corrected chi connectivity index (χ1v) is 9.62. The summed E-state index contributed by atoms with van der Waals surface area (Å²) in [5.41, 5.74) is -0.706. The molecule has 0 saturated carbocycles. The fraction of sp³-hybridized carbons (Fsp3) is 0.300. The smallest absolute Gasteiger partial charge is 0.416 e. The van der Waals surface area contributed by atoms with Gasteiger partial charge >= 0.3 is 12.2 Å². The third-order valence-electron chi connectivity index (χ3n) is 4.82. The lowest BCUT2D eigenvalue weighted by Gasteiger charge is -2.31. The van der Waals surface area contributed by atoms with Crippen LogP contribution in [0.25, 0.3) is 5.82 Å². The van der Waals surface area contributed by atoms with E-state index in [1.807, 2.05) is 0 Å². The minimum atomic E-state index is -4.46. The molecule has 0 spiro atoms. The highest BCUT2D eigenvalue weighted by Crippen LogP contribution is 2.30. The zero-order valence-electron chi connectivity index (χ0n) is 16.3. The van der Waals surface area contributed by atoms with Crippen LogP contribution in [0.1, 0.15) is 18.4 Å². The molecule has 162 valence electrons. The van der Waals surface area contributed by atoms with Crippen molar-refractivity contribution in [2.75, 3.05) is 18.4 Å². The molecule has 1 aliphatic heterocycles. The summed E-state index contributed by atoms with van der Waals surface area (Å²) in [6.45, 7) is 0.822. The largest absolute Gasteiger partial charge is 0.473 e. The minimum Gasteiger partial charge on any atom is -0.473 e. The number of amides is 2. The van der Waals surface area contributed by atoms with E-state index >= 15 is 0 Å². The first kappa shape index (κ1) is 20.6. The normalized spacial score (nSPS) is 15.0. The fourth-order valence-electron chi connectivity index (χ4n) is 3.23. The highest BCUT2D eigenvalue weighted by atomic mass is 19.4. The van der Waals surface area contributed by atoms with Gasteiger partial charge in [-0.15, -0.1) is 10.2 Å². The van der Waals surface area contributed by atoms with Gasteiger partial charge in [0.15, 0.2) is 5.82 Å². The predicted octanol–water partition coefficient (Wildman–Crippen LogP) is 3.76. The van der Waals surface area contributed by atoms with Gasteiger partial charge in [0.25, 0.3) is 0 Å². The first-order valence-electron chi connectivity index (χ1n) is 9.62. The maximum absolute atomic E-state index is 12.8. The van der Waals surface area contributed by atoms with Crippen LogP contribution in [0.3, 0.4) is 0 Å². The lowest BCUT2D eigenvalue weighted by Crippen LogP contribution is -2.43. The SMILES string of the molecule is O=C(Nc1cccc(C(F)(F)F)c1)N1CCC(Oc2ccc(-n3cccn3)nn2)CC1. The molecule has 1 fully saturated rings. The molecular weight excluding hydrogens is 413 g/mol. The van der Waals surface area contributed by atoms with Crippen molar-refractivity contribution >= 4 is 11.7 Å². The molecule has 0 aliphatic carbocycles. The Bertz CT molecular complexity index is 1020. The number of aromatic nitrogens is 4. The van der Waals surface area contributed by atoms with Crippen LogP contribution < -0.4 is 10.1 Å². The number of halogens is 3. The summed E-state index contributed by atoms with van der Waals surface area (Å²) in [5.74, 6) is 0.946. The van der Waals surface area contributed by atoms with E-state index < -0.39 is 17.8 Å². The number of piperidine rings is 1. The molecule has 3 heterocycles. The van der Waals surface area contributed by atoms with Gasteiger partial charge in [-0.1, -0.05) is 6.07 Å². The zero-order valence-corrected chi connectivity index (χ0v) is 16.3. The number of nitrogens with one attached hydrogen (secondary N) is 1. The summed E-state index contributed by atoms with van der Waals surface area (Å²) in [6.07, 6.45) is -0.0663. The second-order valence-corrected chi connectivity index (χ2v) is 6.99. The average molecular weight is 432 g/mol. The summed E-state index contributed by atoms with van der Waals surface area (Å²) >= 11 is 0. The molecule has 8 nitrogen and oxygen atoms in total. The molecule has 1 aromatic carbocycles. The Morgan fingerprint density at radius 1 is 1.10 bits per heavy atom. The highest BCUT2D eigenvalue weighted by molar-refractivity contribution is 5.89. The van der Waals surface area contributed by atoms with Crippen molar-refractivity contribution in [3.63, 3.8) is 0 Å². The van der Waals surface area contributed by atoms with Crippen LogP contribution in [0.5, 0.6) is 5.88 Å². The van der Waals surface area contributed by atoms with Gasteiger partial charge in [0.2, 0.25) is 5.88 Å². The summed E-state index contributed by atoms with van der Waals surface area (Å²) < 4.78 is 45.9. The summed E-state index contributed by atoms with van der Waals surface area (Å²) in [5, 5.41) is 14.7. The monoisotopic (exact) mass is 432 g/mol. The number of hydrogen-bond donors (Lipinski definition) is 1. The lowest BCUT2D eigenvalue weighted by molar-refractivity contribution is -0.137. The molecule has 4 rings (SSSR count). The number of carbonyl (C=O) groups excluding carboxylic acids is 1. The Morgan fingerprint density at radius 2 is 1.90 bits per heavy atom. The Hall–Kier alpha value is -3.63. The van der Waals surface area contributed by atoms with Crippen LogP contribution >= 0.6 is 0 Å². The molecule has 3 aromatic rings. The molecule has 11 heteroatoms. The summed E-state index contributed by atoms with van der Waals surface area (Å²) in [6, 6.07) is 9.35. The second-order valence-electron chi connectivity index (χ2n) is 6.99. The standard InChI is InChI=1S/C20H19F3N6O2/c21-20(22,23)14-3-1-4-15(13-14)25-19(30)28-11-7-16(8-12-28)31-18-6-5-17(26-27-18)29-10-2-9-24-29/h1-6,9-10,13,16H,7-8,11-12H2,(H,25,30). The predicted molar refractivity (Wildman–Crippen MR) is 105 cm³/mol. The van der Waals surface area contributed by atoms with E-state index in [-0.39, 0.29) is 11.8 Å². The van der Waals surface area contributed by atoms with Crippen LogP contribution in [0.15, 0.2) is 54.9 Å². The van der Waals surface area contributed by atoms with Gasteiger partial charge in [-0.05, 0) is 30.3 Å². The van der Waals surface area contributed by atoms with Gasteiger partial charge in [0, 0.05) is 50.1 Å². The van der Waals surface area contributed by atoms with Crippen molar-refractivity contribution in [1.29, 1.82) is 0 Å². The Kier molecular flexibility index (Phi) is 5.74. The Balaban J connectivity index is 1.28. The summed E-state index contributed by atoms with van der Waals surface area (Å²) in [4.78, 5) is 14.0. The maximum Gasteiger partial charge on any atom is 0.416 e. The van der Waals surface area contributed by atoms with Crippen LogP contribution in [0, 0.1) is 0 Å².